The van der Waals surface area contributed by atoms with Gasteiger partial charge >= 0.3 is 0 Å². The summed E-state index contributed by atoms with van der Waals surface area (Å²) >= 11 is 1.21. The van der Waals surface area contributed by atoms with Crippen molar-refractivity contribution in [2.75, 3.05) is 11.1 Å². The summed E-state index contributed by atoms with van der Waals surface area (Å²) in [4.78, 5) is 11.9. The number of rotatable bonds is 8. The molecule has 0 saturated heterocycles. The molecule has 1 N–H and O–H groups in total. The molecule has 2 rings (SSSR count). The summed E-state index contributed by atoms with van der Waals surface area (Å²) in [7, 11) is 0. The molecule has 0 aliphatic heterocycles. The van der Waals surface area contributed by atoms with Crippen LogP contribution in [0, 0.1) is 11.6 Å². The van der Waals surface area contributed by atoms with Crippen LogP contribution in [0.1, 0.15) is 26.2 Å². The van der Waals surface area contributed by atoms with Crippen molar-refractivity contribution in [2.45, 2.75) is 37.9 Å². The molecule has 0 saturated carbocycles. The van der Waals surface area contributed by atoms with Gasteiger partial charge in [0.05, 0.1) is 11.4 Å². The number of carbonyl (C=O) groups is 1. The first-order chi connectivity index (χ1) is 11.1. The zero-order valence-electron chi connectivity index (χ0n) is 12.8. The average Bonchev–Trinajstić information content (AvgIpc) is 2.97. The van der Waals surface area contributed by atoms with Crippen LogP contribution in [0.15, 0.2) is 29.7 Å². The van der Waals surface area contributed by atoms with Gasteiger partial charge in [0.15, 0.2) is 5.16 Å². The SMILES string of the molecule is CCCCCn1cnnc1SCC(=O)Nc1cc(F)ccc1F. The van der Waals surface area contributed by atoms with Crippen molar-refractivity contribution in [2.24, 2.45) is 0 Å². The van der Waals surface area contributed by atoms with Gasteiger partial charge in [0, 0.05) is 12.6 Å². The molecule has 0 fully saturated rings. The highest BCUT2D eigenvalue weighted by Crippen LogP contribution is 2.18. The van der Waals surface area contributed by atoms with Gasteiger partial charge in [-0.1, -0.05) is 31.5 Å². The Morgan fingerprint density at radius 1 is 1.35 bits per heavy atom. The van der Waals surface area contributed by atoms with Crippen LogP contribution >= 0.6 is 11.8 Å². The van der Waals surface area contributed by atoms with Gasteiger partial charge in [-0.3, -0.25) is 4.79 Å². The molecule has 1 aromatic carbocycles. The summed E-state index contributed by atoms with van der Waals surface area (Å²) in [6.07, 6.45) is 4.87. The highest BCUT2D eigenvalue weighted by atomic mass is 32.2. The third-order valence-corrected chi connectivity index (χ3v) is 4.10. The first-order valence-electron chi connectivity index (χ1n) is 7.35. The van der Waals surface area contributed by atoms with Crippen molar-refractivity contribution in [1.29, 1.82) is 0 Å². The maximum absolute atomic E-state index is 13.5. The molecule has 0 aliphatic rings. The Kier molecular flexibility index (Phi) is 6.52. The largest absolute Gasteiger partial charge is 0.323 e. The van der Waals surface area contributed by atoms with Gasteiger partial charge in [0.25, 0.3) is 0 Å². The van der Waals surface area contributed by atoms with Crippen molar-refractivity contribution in [3.8, 4) is 0 Å². The molecule has 124 valence electrons. The molecule has 1 aromatic heterocycles. The maximum Gasteiger partial charge on any atom is 0.234 e. The quantitative estimate of drug-likeness (QED) is 0.590. The Morgan fingerprint density at radius 2 is 2.17 bits per heavy atom. The second-order valence-corrected chi connectivity index (χ2v) is 5.92. The van der Waals surface area contributed by atoms with Crippen molar-refractivity contribution in [1.82, 2.24) is 14.8 Å². The lowest BCUT2D eigenvalue weighted by Crippen LogP contribution is -2.15. The second-order valence-electron chi connectivity index (χ2n) is 4.98. The van der Waals surface area contributed by atoms with Crippen LogP contribution in [0.4, 0.5) is 14.5 Å². The lowest BCUT2D eigenvalue weighted by Gasteiger charge is -2.07. The van der Waals surface area contributed by atoms with Crippen LogP contribution in [0.5, 0.6) is 0 Å². The molecule has 2 aromatic rings. The predicted molar refractivity (Wildman–Crippen MR) is 85.3 cm³/mol. The molecule has 0 radical (unpaired) electrons. The third kappa shape index (κ3) is 5.31. The summed E-state index contributed by atoms with van der Waals surface area (Å²) < 4.78 is 28.4. The van der Waals surface area contributed by atoms with E-state index in [9.17, 15) is 13.6 Å². The zero-order valence-corrected chi connectivity index (χ0v) is 13.6. The number of benzene rings is 1. The van der Waals surface area contributed by atoms with Gasteiger partial charge in [-0.05, 0) is 18.6 Å². The van der Waals surface area contributed by atoms with Gasteiger partial charge in [-0.2, -0.15) is 0 Å². The van der Waals surface area contributed by atoms with Gasteiger partial charge in [-0.25, -0.2) is 8.78 Å². The van der Waals surface area contributed by atoms with Crippen molar-refractivity contribution in [3.63, 3.8) is 0 Å². The van der Waals surface area contributed by atoms with E-state index < -0.39 is 17.5 Å². The molecule has 1 heterocycles. The Morgan fingerprint density at radius 3 is 2.96 bits per heavy atom. The molecule has 0 bridgehead atoms. The highest BCUT2D eigenvalue weighted by molar-refractivity contribution is 7.99. The van der Waals surface area contributed by atoms with E-state index in [1.165, 1.54) is 11.8 Å². The van der Waals surface area contributed by atoms with E-state index in [1.807, 2.05) is 4.57 Å². The minimum Gasteiger partial charge on any atom is -0.323 e. The fourth-order valence-corrected chi connectivity index (χ4v) is 2.69. The van der Waals surface area contributed by atoms with Crippen molar-refractivity contribution >= 4 is 23.4 Å². The molecule has 8 heteroatoms. The number of aromatic nitrogens is 3. The summed E-state index contributed by atoms with van der Waals surface area (Å²) in [6, 6.07) is 2.92. The van der Waals surface area contributed by atoms with Gasteiger partial charge in [0.2, 0.25) is 5.91 Å². The van der Waals surface area contributed by atoms with E-state index in [0.29, 0.717) is 5.16 Å². The summed E-state index contributed by atoms with van der Waals surface area (Å²) in [6.45, 7) is 2.92. The average molecular weight is 340 g/mol. The number of carbonyl (C=O) groups excluding carboxylic acids is 1. The number of hydrogen-bond donors (Lipinski definition) is 1. The lowest BCUT2D eigenvalue weighted by molar-refractivity contribution is -0.113. The highest BCUT2D eigenvalue weighted by Gasteiger charge is 2.11. The lowest BCUT2D eigenvalue weighted by atomic mass is 10.2. The summed E-state index contributed by atoms with van der Waals surface area (Å²) in [5.41, 5.74) is -0.167. The minimum atomic E-state index is -0.674. The van der Waals surface area contributed by atoms with E-state index in [0.717, 1.165) is 44.0 Å². The van der Waals surface area contributed by atoms with Gasteiger partial charge in [-0.15, -0.1) is 10.2 Å². The van der Waals surface area contributed by atoms with Crippen LogP contribution in [0.2, 0.25) is 0 Å². The van der Waals surface area contributed by atoms with E-state index in [2.05, 4.69) is 22.4 Å². The molecule has 1 amide bonds. The van der Waals surface area contributed by atoms with Crippen LogP contribution < -0.4 is 5.32 Å². The van der Waals surface area contributed by atoms with Crippen molar-refractivity contribution in [3.05, 3.63) is 36.2 Å². The topological polar surface area (TPSA) is 59.8 Å². The predicted octanol–water partition coefficient (Wildman–Crippen LogP) is 3.48. The maximum atomic E-state index is 13.5. The first-order valence-corrected chi connectivity index (χ1v) is 8.34. The van der Waals surface area contributed by atoms with Crippen molar-refractivity contribution < 1.29 is 13.6 Å². The molecule has 0 unspecified atom stereocenters. The monoisotopic (exact) mass is 340 g/mol. The fraction of sp³-hybridized carbons (Fsp3) is 0.400. The molecule has 0 spiro atoms. The molecule has 0 atom stereocenters. The Bertz CT molecular complexity index is 663. The normalized spacial score (nSPS) is 10.7. The fourth-order valence-electron chi connectivity index (χ4n) is 1.95. The number of anilines is 1. The number of aryl methyl sites for hydroxylation is 1. The molecular formula is C15H18F2N4OS. The molecular weight excluding hydrogens is 322 g/mol. The number of nitrogens with one attached hydrogen (secondary N) is 1. The van der Waals surface area contributed by atoms with E-state index in [4.69, 9.17) is 0 Å². The van der Waals surface area contributed by atoms with Crippen LogP contribution in [-0.2, 0) is 11.3 Å². The second kappa shape index (κ2) is 8.61. The molecule has 5 nitrogen and oxygen atoms in total. The number of thioether (sulfide) groups is 1. The van der Waals surface area contributed by atoms with Crippen LogP contribution in [0.25, 0.3) is 0 Å². The summed E-state index contributed by atoms with van der Waals surface area (Å²) in [5, 5.41) is 10.8. The summed E-state index contributed by atoms with van der Waals surface area (Å²) in [5.74, 6) is -1.66. The minimum absolute atomic E-state index is 0.0441. The first kappa shape index (κ1) is 17.4. The van der Waals surface area contributed by atoms with Gasteiger partial charge < -0.3 is 9.88 Å². The smallest absolute Gasteiger partial charge is 0.234 e. The Hall–Kier alpha value is -1.96. The Labute approximate surface area is 137 Å². The Balaban J connectivity index is 1.87. The van der Waals surface area contributed by atoms with E-state index >= 15 is 0 Å². The number of halogens is 2. The number of unbranched alkanes of at least 4 members (excludes halogenated alkanes) is 2. The molecule has 23 heavy (non-hydrogen) atoms. The van der Waals surface area contributed by atoms with Gasteiger partial charge in [0.1, 0.15) is 18.0 Å². The van der Waals surface area contributed by atoms with Crippen LogP contribution in [0.3, 0.4) is 0 Å². The zero-order chi connectivity index (χ0) is 16.7. The van der Waals surface area contributed by atoms with E-state index in [1.54, 1.807) is 6.33 Å². The van der Waals surface area contributed by atoms with Crippen LogP contribution in [-0.4, -0.2) is 26.4 Å². The number of hydrogen-bond acceptors (Lipinski definition) is 4. The molecule has 0 aliphatic carbocycles. The number of nitrogens with zero attached hydrogens (tertiary/aromatic N) is 3. The third-order valence-electron chi connectivity index (χ3n) is 3.12. The number of amides is 1. The standard InChI is InChI=1S/C15H18F2N4OS/c1-2-3-4-7-21-10-18-20-15(21)23-9-14(22)19-13-8-11(16)5-6-12(13)17/h5-6,8,10H,2-4,7,9H2,1H3,(H,19,22). The van der Waals surface area contributed by atoms with E-state index in [-0.39, 0.29) is 11.4 Å².